The Labute approximate surface area is 148 Å². The van der Waals surface area contributed by atoms with Crippen LogP contribution in [-0.2, 0) is 4.79 Å². The topological polar surface area (TPSA) is 63.5 Å². The van der Waals surface area contributed by atoms with Crippen molar-refractivity contribution in [2.45, 2.75) is 6.61 Å². The van der Waals surface area contributed by atoms with Gasteiger partial charge in [0.05, 0.1) is 19.0 Å². The third-order valence-corrected chi connectivity index (χ3v) is 3.80. The second-order valence-electron chi connectivity index (χ2n) is 5.36. The Hall–Kier alpha value is -3.29. The highest BCUT2D eigenvalue weighted by Crippen LogP contribution is 2.29. The van der Waals surface area contributed by atoms with Gasteiger partial charge in [0.2, 0.25) is 0 Å². The standard InChI is InChI=1S/C18H15F2N3O3/c1-23-13-6-4-3-5-12(13)16(17(23)24)22-21-10-11-7-8-14(25-2)15(9-11)26-18(19)20/h3-10,18H,1-2H3/b21-10-,22-16-. The van der Waals surface area contributed by atoms with E-state index in [0.717, 1.165) is 5.69 Å². The summed E-state index contributed by atoms with van der Waals surface area (Å²) in [6, 6.07) is 11.7. The molecular formula is C18H15F2N3O3. The Bertz CT molecular complexity index is 897. The SMILES string of the molecule is COc1ccc(/C=N\N=C2/C(=O)N(C)c3ccccc32)cc1OC(F)F. The molecule has 0 aliphatic carbocycles. The lowest BCUT2D eigenvalue weighted by Crippen LogP contribution is -2.25. The first-order valence-corrected chi connectivity index (χ1v) is 7.62. The molecule has 134 valence electrons. The maximum Gasteiger partial charge on any atom is 0.387 e. The second-order valence-corrected chi connectivity index (χ2v) is 5.36. The number of ether oxygens (including phenoxy) is 2. The molecule has 1 amide bonds. The molecular weight excluding hydrogens is 344 g/mol. The number of halogens is 2. The molecule has 2 aromatic carbocycles. The summed E-state index contributed by atoms with van der Waals surface area (Å²) in [5.41, 5.74) is 2.13. The second kappa shape index (κ2) is 7.30. The van der Waals surface area contributed by atoms with E-state index in [0.29, 0.717) is 11.1 Å². The molecule has 2 aromatic rings. The fourth-order valence-corrected chi connectivity index (χ4v) is 2.56. The number of amides is 1. The number of para-hydroxylation sites is 1. The molecule has 8 heteroatoms. The zero-order valence-electron chi connectivity index (χ0n) is 14.0. The number of benzene rings is 2. The smallest absolute Gasteiger partial charge is 0.387 e. The number of carbonyl (C=O) groups excluding carboxylic acids is 1. The van der Waals surface area contributed by atoms with Gasteiger partial charge in [0, 0.05) is 12.6 Å². The predicted octanol–water partition coefficient (Wildman–Crippen LogP) is 3.10. The van der Waals surface area contributed by atoms with Crippen molar-refractivity contribution in [2.24, 2.45) is 10.2 Å². The van der Waals surface area contributed by atoms with E-state index in [1.165, 1.54) is 30.4 Å². The lowest BCUT2D eigenvalue weighted by molar-refractivity contribution is -0.111. The summed E-state index contributed by atoms with van der Waals surface area (Å²) in [6.07, 6.45) is 1.35. The monoisotopic (exact) mass is 359 g/mol. The minimum atomic E-state index is -2.97. The van der Waals surface area contributed by atoms with Gasteiger partial charge in [0.1, 0.15) is 0 Å². The molecule has 0 unspecified atom stereocenters. The molecule has 26 heavy (non-hydrogen) atoms. The number of likely N-dealkylation sites (N-methyl/N-ethyl adjacent to an activating group) is 1. The van der Waals surface area contributed by atoms with E-state index in [4.69, 9.17) is 4.74 Å². The molecule has 6 nitrogen and oxygen atoms in total. The van der Waals surface area contributed by atoms with E-state index in [-0.39, 0.29) is 23.1 Å². The lowest BCUT2D eigenvalue weighted by atomic mass is 10.1. The van der Waals surface area contributed by atoms with Crippen molar-refractivity contribution >= 4 is 23.5 Å². The summed E-state index contributed by atoms with van der Waals surface area (Å²) < 4.78 is 34.3. The quantitative estimate of drug-likeness (QED) is 0.609. The highest BCUT2D eigenvalue weighted by atomic mass is 19.3. The molecule has 3 rings (SSSR count). The molecule has 0 atom stereocenters. The van der Waals surface area contributed by atoms with Crippen LogP contribution in [0.3, 0.4) is 0 Å². The average molecular weight is 359 g/mol. The van der Waals surface area contributed by atoms with Crippen molar-refractivity contribution < 1.29 is 23.0 Å². The molecule has 1 heterocycles. The number of methoxy groups -OCH3 is 1. The van der Waals surface area contributed by atoms with Crippen LogP contribution >= 0.6 is 0 Å². The van der Waals surface area contributed by atoms with Gasteiger partial charge in [0.25, 0.3) is 5.91 Å². The maximum absolute atomic E-state index is 12.5. The summed E-state index contributed by atoms with van der Waals surface area (Å²) in [6.45, 7) is -2.97. The van der Waals surface area contributed by atoms with Crippen LogP contribution in [0.1, 0.15) is 11.1 Å². The van der Waals surface area contributed by atoms with Gasteiger partial charge in [-0.25, -0.2) is 0 Å². The first-order valence-electron chi connectivity index (χ1n) is 7.62. The van der Waals surface area contributed by atoms with Crippen LogP contribution in [0, 0.1) is 0 Å². The van der Waals surface area contributed by atoms with Gasteiger partial charge in [-0.1, -0.05) is 18.2 Å². The van der Waals surface area contributed by atoms with E-state index < -0.39 is 6.61 Å². The van der Waals surface area contributed by atoms with Crippen molar-refractivity contribution in [3.8, 4) is 11.5 Å². The lowest BCUT2D eigenvalue weighted by Gasteiger charge is -2.09. The summed E-state index contributed by atoms with van der Waals surface area (Å²) in [5, 5.41) is 7.91. The van der Waals surface area contributed by atoms with Crippen LogP contribution in [0.4, 0.5) is 14.5 Å². The van der Waals surface area contributed by atoms with Gasteiger partial charge in [0.15, 0.2) is 17.2 Å². The van der Waals surface area contributed by atoms with E-state index in [9.17, 15) is 13.6 Å². The van der Waals surface area contributed by atoms with E-state index in [1.54, 1.807) is 19.2 Å². The third kappa shape index (κ3) is 3.39. The highest BCUT2D eigenvalue weighted by Gasteiger charge is 2.30. The van der Waals surface area contributed by atoms with Crippen molar-refractivity contribution in [1.29, 1.82) is 0 Å². The summed E-state index contributed by atoms with van der Waals surface area (Å²) in [5.74, 6) is -0.198. The van der Waals surface area contributed by atoms with Gasteiger partial charge in [-0.15, -0.1) is 5.10 Å². The Morgan fingerprint density at radius 1 is 1.15 bits per heavy atom. The van der Waals surface area contributed by atoms with Crippen molar-refractivity contribution in [2.75, 3.05) is 19.1 Å². The highest BCUT2D eigenvalue weighted by molar-refractivity contribution is 6.54. The molecule has 0 saturated heterocycles. The molecule has 0 fully saturated rings. The Balaban J connectivity index is 1.87. The van der Waals surface area contributed by atoms with Crippen molar-refractivity contribution in [3.05, 3.63) is 53.6 Å². The predicted molar refractivity (Wildman–Crippen MR) is 93.6 cm³/mol. The fraction of sp³-hybridized carbons (Fsp3) is 0.167. The summed E-state index contributed by atoms with van der Waals surface area (Å²) >= 11 is 0. The number of anilines is 1. The number of carbonyl (C=O) groups is 1. The minimum Gasteiger partial charge on any atom is -0.493 e. The van der Waals surface area contributed by atoms with Crippen molar-refractivity contribution in [1.82, 2.24) is 0 Å². The van der Waals surface area contributed by atoms with Crippen LogP contribution in [0.25, 0.3) is 0 Å². The molecule has 1 aliphatic heterocycles. The number of rotatable bonds is 5. The van der Waals surface area contributed by atoms with E-state index in [1.807, 2.05) is 18.2 Å². The zero-order chi connectivity index (χ0) is 18.7. The Kier molecular flexibility index (Phi) is 4.92. The zero-order valence-corrected chi connectivity index (χ0v) is 14.0. The van der Waals surface area contributed by atoms with Crippen LogP contribution in [0.2, 0.25) is 0 Å². The Morgan fingerprint density at radius 3 is 2.65 bits per heavy atom. The molecule has 0 spiro atoms. The number of hydrogen-bond donors (Lipinski definition) is 0. The van der Waals surface area contributed by atoms with Gasteiger partial charge < -0.3 is 14.4 Å². The minimum absolute atomic E-state index is 0.110. The number of hydrogen-bond acceptors (Lipinski definition) is 5. The van der Waals surface area contributed by atoms with E-state index in [2.05, 4.69) is 14.9 Å². The average Bonchev–Trinajstić information content (AvgIpc) is 2.87. The molecule has 0 N–H and O–H groups in total. The first kappa shape index (κ1) is 17.5. The summed E-state index contributed by atoms with van der Waals surface area (Å²) in [7, 11) is 3.01. The number of alkyl halides is 2. The van der Waals surface area contributed by atoms with Crippen LogP contribution < -0.4 is 14.4 Å². The van der Waals surface area contributed by atoms with Crippen LogP contribution in [0.5, 0.6) is 11.5 Å². The van der Waals surface area contributed by atoms with Crippen LogP contribution in [0.15, 0.2) is 52.7 Å². The number of fused-ring (bicyclic) bond motifs is 1. The molecule has 0 saturated carbocycles. The molecule has 0 bridgehead atoms. The van der Waals surface area contributed by atoms with Gasteiger partial charge in [-0.05, 0) is 29.8 Å². The van der Waals surface area contributed by atoms with Crippen LogP contribution in [-0.4, -0.2) is 38.6 Å². The third-order valence-electron chi connectivity index (χ3n) is 3.80. The first-order chi connectivity index (χ1) is 12.5. The Morgan fingerprint density at radius 2 is 1.92 bits per heavy atom. The van der Waals surface area contributed by atoms with Gasteiger partial charge in [-0.2, -0.15) is 13.9 Å². The van der Waals surface area contributed by atoms with Crippen molar-refractivity contribution in [3.63, 3.8) is 0 Å². The number of nitrogens with zero attached hydrogens (tertiary/aromatic N) is 3. The maximum atomic E-state index is 12.5. The summed E-state index contributed by atoms with van der Waals surface area (Å²) in [4.78, 5) is 13.8. The van der Waals surface area contributed by atoms with Gasteiger partial charge in [-0.3, -0.25) is 4.79 Å². The fourth-order valence-electron chi connectivity index (χ4n) is 2.56. The van der Waals surface area contributed by atoms with Gasteiger partial charge >= 0.3 is 6.61 Å². The largest absolute Gasteiger partial charge is 0.493 e. The molecule has 1 aliphatic rings. The normalized spacial score (nSPS) is 15.2. The molecule has 0 aromatic heterocycles. The van der Waals surface area contributed by atoms with E-state index >= 15 is 0 Å². The molecule has 0 radical (unpaired) electrons.